The summed E-state index contributed by atoms with van der Waals surface area (Å²) >= 11 is 3.55. The lowest BCUT2D eigenvalue weighted by atomic mass is 10.0. The molecule has 2 heterocycles. The molecule has 3 aromatic carbocycles. The zero-order valence-electron chi connectivity index (χ0n) is 14.8. The fraction of sp³-hybridized carbons (Fsp3) is 0.174. The van der Waals surface area contributed by atoms with Crippen LogP contribution >= 0.6 is 15.9 Å². The lowest BCUT2D eigenvalue weighted by Crippen LogP contribution is -2.20. The van der Waals surface area contributed by atoms with Crippen molar-refractivity contribution < 1.29 is 4.74 Å². The van der Waals surface area contributed by atoms with Gasteiger partial charge in [0.05, 0.1) is 11.0 Å². The van der Waals surface area contributed by atoms with Gasteiger partial charge in [-0.2, -0.15) is 0 Å². The Morgan fingerprint density at radius 2 is 1.81 bits per heavy atom. The van der Waals surface area contributed by atoms with Crippen LogP contribution in [0.15, 0.2) is 77.3 Å². The summed E-state index contributed by atoms with van der Waals surface area (Å²) in [4.78, 5) is 4.95. The molecule has 1 atom stereocenters. The zero-order valence-corrected chi connectivity index (χ0v) is 16.4. The highest BCUT2D eigenvalue weighted by molar-refractivity contribution is 9.10. The van der Waals surface area contributed by atoms with Gasteiger partial charge in [0.2, 0.25) is 0 Å². The monoisotopic (exact) mass is 418 g/mol. The van der Waals surface area contributed by atoms with Crippen molar-refractivity contribution >= 4 is 27.0 Å². The van der Waals surface area contributed by atoms with Crippen molar-refractivity contribution in [2.24, 2.45) is 0 Å². The third kappa shape index (κ3) is 3.15. The maximum absolute atomic E-state index is 6.38. The molecule has 0 amide bonds. The third-order valence-electron chi connectivity index (χ3n) is 5.12. The van der Waals surface area contributed by atoms with Crippen LogP contribution < -0.4 is 4.74 Å². The van der Waals surface area contributed by atoms with E-state index in [1.807, 2.05) is 12.1 Å². The topological polar surface area (TPSA) is 27.1 Å². The lowest BCUT2D eigenvalue weighted by molar-refractivity contribution is 0.164. The smallest absolute Gasteiger partial charge is 0.157 e. The van der Waals surface area contributed by atoms with Crippen LogP contribution in [-0.2, 0) is 13.0 Å². The van der Waals surface area contributed by atoms with Crippen molar-refractivity contribution in [3.63, 3.8) is 0 Å². The van der Waals surface area contributed by atoms with E-state index in [9.17, 15) is 0 Å². The summed E-state index contributed by atoms with van der Waals surface area (Å²) in [6.45, 7) is 0.795. The second-order valence-corrected chi connectivity index (χ2v) is 7.84. The second-order valence-electron chi connectivity index (χ2n) is 6.93. The Morgan fingerprint density at radius 3 is 2.70 bits per heavy atom. The molecule has 0 bridgehead atoms. The SMILES string of the molecule is Brc1ccc2c(c1)CCC(c1nc3ccccc3n1Cc1ccccc1)O2. The van der Waals surface area contributed by atoms with Gasteiger partial charge in [-0.1, -0.05) is 58.4 Å². The maximum Gasteiger partial charge on any atom is 0.157 e. The minimum absolute atomic E-state index is 0.0326. The molecule has 0 saturated carbocycles. The fourth-order valence-electron chi connectivity index (χ4n) is 3.81. The number of fused-ring (bicyclic) bond motifs is 2. The normalized spacial score (nSPS) is 16.1. The quantitative estimate of drug-likeness (QED) is 0.413. The Bertz CT molecular complexity index is 1100. The van der Waals surface area contributed by atoms with Crippen molar-refractivity contribution in [1.82, 2.24) is 9.55 Å². The van der Waals surface area contributed by atoms with Crippen LogP contribution in [0.3, 0.4) is 0 Å². The van der Waals surface area contributed by atoms with Crippen LogP contribution in [-0.4, -0.2) is 9.55 Å². The van der Waals surface area contributed by atoms with Gasteiger partial charge in [-0.3, -0.25) is 0 Å². The van der Waals surface area contributed by atoms with E-state index in [1.165, 1.54) is 11.1 Å². The average Bonchev–Trinajstić information content (AvgIpc) is 3.07. The van der Waals surface area contributed by atoms with Gasteiger partial charge in [-0.25, -0.2) is 4.98 Å². The van der Waals surface area contributed by atoms with Gasteiger partial charge in [-0.05, 0) is 54.3 Å². The van der Waals surface area contributed by atoms with Gasteiger partial charge in [0.25, 0.3) is 0 Å². The van der Waals surface area contributed by atoms with Crippen molar-refractivity contribution in [1.29, 1.82) is 0 Å². The number of imidazole rings is 1. The molecular formula is C23H19BrN2O. The van der Waals surface area contributed by atoms with Gasteiger partial charge in [0.15, 0.2) is 11.9 Å². The molecule has 0 N–H and O–H groups in total. The molecule has 0 spiro atoms. The van der Waals surface area contributed by atoms with Crippen molar-refractivity contribution in [2.45, 2.75) is 25.5 Å². The molecule has 0 saturated heterocycles. The molecule has 5 rings (SSSR count). The summed E-state index contributed by atoms with van der Waals surface area (Å²) < 4.78 is 9.78. The van der Waals surface area contributed by atoms with Crippen molar-refractivity contribution in [3.8, 4) is 5.75 Å². The average molecular weight is 419 g/mol. The van der Waals surface area contributed by atoms with Gasteiger partial charge in [0, 0.05) is 11.0 Å². The van der Waals surface area contributed by atoms with Gasteiger partial charge in [-0.15, -0.1) is 0 Å². The summed E-state index contributed by atoms with van der Waals surface area (Å²) in [5.41, 5.74) is 4.70. The number of rotatable bonds is 3. The van der Waals surface area contributed by atoms with Crippen molar-refractivity contribution in [3.05, 3.63) is 94.2 Å². The van der Waals surface area contributed by atoms with E-state index < -0.39 is 0 Å². The standard InChI is InChI=1S/C23H19BrN2O/c24-18-11-13-21-17(14-18)10-12-22(27-21)23-25-19-8-4-5-9-20(19)26(23)15-16-6-2-1-3-7-16/h1-9,11,13-14,22H,10,12,15H2. The molecule has 1 aliphatic rings. The predicted octanol–water partition coefficient (Wildman–Crippen LogP) is 5.91. The molecule has 27 heavy (non-hydrogen) atoms. The summed E-state index contributed by atoms with van der Waals surface area (Å²) in [5.74, 6) is 1.97. The summed E-state index contributed by atoms with van der Waals surface area (Å²) in [6.07, 6.45) is 1.89. The molecule has 4 aromatic rings. The van der Waals surface area contributed by atoms with Crippen LogP contribution in [0.2, 0.25) is 0 Å². The number of halogens is 1. The molecule has 3 nitrogen and oxygen atoms in total. The van der Waals surface area contributed by atoms with Gasteiger partial charge >= 0.3 is 0 Å². The van der Waals surface area contributed by atoms with E-state index in [4.69, 9.17) is 9.72 Å². The molecule has 1 aromatic heterocycles. The fourth-order valence-corrected chi connectivity index (χ4v) is 4.22. The minimum Gasteiger partial charge on any atom is -0.482 e. The van der Waals surface area contributed by atoms with E-state index in [1.54, 1.807) is 0 Å². The van der Waals surface area contributed by atoms with Gasteiger partial charge in [0.1, 0.15) is 5.75 Å². The molecule has 4 heteroatoms. The van der Waals surface area contributed by atoms with Crippen LogP contribution in [0, 0.1) is 0 Å². The lowest BCUT2D eigenvalue weighted by Gasteiger charge is -2.26. The van der Waals surface area contributed by atoms with Gasteiger partial charge < -0.3 is 9.30 Å². The molecule has 134 valence electrons. The van der Waals surface area contributed by atoms with Crippen LogP contribution in [0.25, 0.3) is 11.0 Å². The Morgan fingerprint density at radius 1 is 1.00 bits per heavy atom. The van der Waals surface area contributed by atoms with E-state index in [0.29, 0.717) is 0 Å². The highest BCUT2D eigenvalue weighted by atomic mass is 79.9. The summed E-state index contributed by atoms with van der Waals surface area (Å²) in [7, 11) is 0. The first kappa shape index (κ1) is 16.6. The van der Waals surface area contributed by atoms with Crippen LogP contribution in [0.5, 0.6) is 5.75 Å². The number of aromatic nitrogens is 2. The minimum atomic E-state index is -0.0326. The molecule has 0 aliphatic carbocycles. The first-order chi connectivity index (χ1) is 13.3. The summed E-state index contributed by atoms with van der Waals surface area (Å²) in [5, 5.41) is 0. The Kier molecular flexibility index (Phi) is 4.21. The van der Waals surface area contributed by atoms with E-state index in [-0.39, 0.29) is 6.10 Å². The number of ether oxygens (including phenoxy) is 1. The molecule has 1 unspecified atom stereocenters. The van der Waals surface area contributed by atoms with E-state index >= 15 is 0 Å². The Labute approximate surface area is 166 Å². The Hall–Kier alpha value is -2.59. The number of aryl methyl sites for hydroxylation is 1. The molecular weight excluding hydrogens is 400 g/mol. The van der Waals surface area contributed by atoms with E-state index in [0.717, 1.165) is 46.5 Å². The number of para-hydroxylation sites is 2. The highest BCUT2D eigenvalue weighted by Gasteiger charge is 2.26. The molecule has 1 aliphatic heterocycles. The highest BCUT2D eigenvalue weighted by Crippen LogP contribution is 2.37. The first-order valence-electron chi connectivity index (χ1n) is 9.22. The molecule has 0 radical (unpaired) electrons. The number of benzene rings is 3. The van der Waals surface area contributed by atoms with E-state index in [2.05, 4.69) is 81.2 Å². The zero-order chi connectivity index (χ0) is 18.2. The predicted molar refractivity (Wildman–Crippen MR) is 111 cm³/mol. The van der Waals surface area contributed by atoms with Crippen molar-refractivity contribution in [2.75, 3.05) is 0 Å². The number of hydrogen-bond donors (Lipinski definition) is 0. The first-order valence-corrected chi connectivity index (χ1v) is 10.0. The summed E-state index contributed by atoms with van der Waals surface area (Å²) in [6, 6.07) is 25.1. The largest absolute Gasteiger partial charge is 0.482 e. The third-order valence-corrected chi connectivity index (χ3v) is 5.62. The molecule has 0 fully saturated rings. The number of hydrogen-bond acceptors (Lipinski definition) is 2. The maximum atomic E-state index is 6.38. The van der Waals surface area contributed by atoms with Crippen LogP contribution in [0.1, 0.15) is 29.5 Å². The second kappa shape index (κ2) is 6.86. The Balaban J connectivity index is 1.57. The van der Waals surface area contributed by atoms with Crippen LogP contribution in [0.4, 0.5) is 0 Å². The number of nitrogens with zero attached hydrogens (tertiary/aromatic N) is 2.